The number of amides is 1. The van der Waals surface area contributed by atoms with E-state index < -0.39 is 11.6 Å². The predicted molar refractivity (Wildman–Crippen MR) is 57.8 cm³/mol. The van der Waals surface area contributed by atoms with Crippen molar-refractivity contribution in [1.29, 1.82) is 0 Å². The van der Waals surface area contributed by atoms with Gasteiger partial charge in [-0.3, -0.25) is 4.79 Å². The smallest absolute Gasteiger partial charge is 0.224 e. The minimum Gasteiger partial charge on any atom is -0.330 e. The average molecular weight is 228 g/mol. The van der Waals surface area contributed by atoms with Crippen LogP contribution in [0.5, 0.6) is 0 Å². The van der Waals surface area contributed by atoms with Gasteiger partial charge < -0.3 is 11.1 Å². The van der Waals surface area contributed by atoms with Crippen molar-refractivity contribution in [2.24, 2.45) is 11.7 Å². The van der Waals surface area contributed by atoms with Gasteiger partial charge in [0.25, 0.3) is 0 Å². The van der Waals surface area contributed by atoms with Crippen molar-refractivity contribution < 1.29 is 13.6 Å². The summed E-state index contributed by atoms with van der Waals surface area (Å²) in [4.78, 5) is 11.4. The Morgan fingerprint density at radius 1 is 1.50 bits per heavy atom. The summed E-state index contributed by atoms with van der Waals surface area (Å²) in [6.07, 6.45) is 0.187. The number of nitrogens with two attached hydrogens (primary N) is 1. The van der Waals surface area contributed by atoms with Crippen LogP contribution in [0.3, 0.4) is 0 Å². The van der Waals surface area contributed by atoms with Crippen molar-refractivity contribution in [2.75, 3.05) is 11.9 Å². The lowest BCUT2D eigenvalue weighted by atomic mass is 10.1. The Kier molecular flexibility index (Phi) is 4.37. The van der Waals surface area contributed by atoms with E-state index >= 15 is 0 Å². The summed E-state index contributed by atoms with van der Waals surface area (Å²) in [6, 6.07) is 3.64. The fraction of sp³-hybridized carbons (Fsp3) is 0.364. The number of halogens is 2. The highest BCUT2D eigenvalue weighted by atomic mass is 19.2. The fourth-order valence-electron chi connectivity index (χ4n) is 1.20. The molecule has 88 valence electrons. The van der Waals surface area contributed by atoms with Crippen molar-refractivity contribution in [2.45, 2.75) is 13.3 Å². The molecule has 1 aromatic rings. The third kappa shape index (κ3) is 3.27. The lowest BCUT2D eigenvalue weighted by molar-refractivity contribution is -0.116. The van der Waals surface area contributed by atoms with Crippen LogP contribution >= 0.6 is 0 Å². The fourth-order valence-corrected chi connectivity index (χ4v) is 1.20. The molecule has 0 spiro atoms. The Morgan fingerprint density at radius 2 is 2.19 bits per heavy atom. The van der Waals surface area contributed by atoms with Gasteiger partial charge in [0.1, 0.15) is 0 Å². The Hall–Kier alpha value is -1.49. The van der Waals surface area contributed by atoms with Gasteiger partial charge in [-0.25, -0.2) is 8.78 Å². The first-order valence-corrected chi connectivity index (χ1v) is 4.98. The van der Waals surface area contributed by atoms with Crippen LogP contribution in [0.25, 0.3) is 0 Å². The molecule has 0 saturated carbocycles. The van der Waals surface area contributed by atoms with E-state index in [4.69, 9.17) is 5.73 Å². The van der Waals surface area contributed by atoms with Gasteiger partial charge in [-0.15, -0.1) is 0 Å². The maximum atomic E-state index is 13.2. The van der Waals surface area contributed by atoms with Crippen molar-refractivity contribution in [3.63, 3.8) is 0 Å². The van der Waals surface area contributed by atoms with Crippen molar-refractivity contribution >= 4 is 11.6 Å². The Balaban J connectivity index is 2.66. The molecular formula is C11H14F2N2O. The molecule has 3 N–H and O–H groups in total. The van der Waals surface area contributed by atoms with E-state index in [2.05, 4.69) is 5.32 Å². The van der Waals surface area contributed by atoms with Gasteiger partial charge in [0.15, 0.2) is 11.6 Å². The predicted octanol–water partition coefficient (Wildman–Crippen LogP) is 1.89. The summed E-state index contributed by atoms with van der Waals surface area (Å²) in [6.45, 7) is 2.18. The van der Waals surface area contributed by atoms with Gasteiger partial charge in [0.2, 0.25) is 5.91 Å². The molecule has 1 aromatic carbocycles. The molecule has 1 rings (SSSR count). The van der Waals surface area contributed by atoms with E-state index in [1.165, 1.54) is 12.1 Å². The molecule has 1 unspecified atom stereocenters. The molecule has 16 heavy (non-hydrogen) atoms. The van der Waals surface area contributed by atoms with Gasteiger partial charge in [0, 0.05) is 6.42 Å². The second-order valence-electron chi connectivity index (χ2n) is 3.69. The number of benzene rings is 1. The van der Waals surface area contributed by atoms with Crippen LogP contribution in [0.1, 0.15) is 13.3 Å². The first-order valence-electron chi connectivity index (χ1n) is 4.98. The highest BCUT2D eigenvalue weighted by molar-refractivity contribution is 5.90. The summed E-state index contributed by atoms with van der Waals surface area (Å²) in [7, 11) is 0. The van der Waals surface area contributed by atoms with Gasteiger partial charge in [0.05, 0.1) is 5.69 Å². The van der Waals surface area contributed by atoms with E-state index in [1.807, 2.05) is 6.92 Å². The molecule has 0 fully saturated rings. The van der Waals surface area contributed by atoms with Crippen molar-refractivity contribution in [1.82, 2.24) is 0 Å². The van der Waals surface area contributed by atoms with Gasteiger partial charge in [-0.05, 0) is 24.6 Å². The molecule has 5 heteroatoms. The van der Waals surface area contributed by atoms with Crippen molar-refractivity contribution in [3.05, 3.63) is 29.8 Å². The number of carbonyl (C=O) groups is 1. The Morgan fingerprint density at radius 3 is 2.81 bits per heavy atom. The topological polar surface area (TPSA) is 55.1 Å². The summed E-state index contributed by atoms with van der Waals surface area (Å²) >= 11 is 0. The zero-order valence-electron chi connectivity index (χ0n) is 8.97. The summed E-state index contributed by atoms with van der Waals surface area (Å²) in [5.41, 5.74) is 5.21. The van der Waals surface area contributed by atoms with Crippen LogP contribution in [-0.2, 0) is 4.79 Å². The number of rotatable bonds is 4. The van der Waals surface area contributed by atoms with Crippen LogP contribution < -0.4 is 11.1 Å². The highest BCUT2D eigenvalue weighted by Crippen LogP contribution is 2.17. The standard InChI is InChI=1S/C11H14F2N2O/c1-7(6-14)5-10(16)15-9-4-2-3-8(12)11(9)13/h2-4,7H,5-6,14H2,1H3,(H,15,16). The van der Waals surface area contributed by atoms with Crippen LogP contribution in [0.2, 0.25) is 0 Å². The average Bonchev–Trinajstić information content (AvgIpc) is 2.24. The third-order valence-corrected chi connectivity index (χ3v) is 2.16. The number of hydrogen-bond donors (Lipinski definition) is 2. The maximum absolute atomic E-state index is 13.2. The van der Waals surface area contributed by atoms with Gasteiger partial charge in [-0.1, -0.05) is 13.0 Å². The number of nitrogens with one attached hydrogen (secondary N) is 1. The van der Waals surface area contributed by atoms with E-state index in [-0.39, 0.29) is 23.9 Å². The molecule has 0 aliphatic rings. The van der Waals surface area contributed by atoms with Crippen LogP contribution in [-0.4, -0.2) is 12.5 Å². The monoisotopic (exact) mass is 228 g/mol. The molecule has 1 atom stereocenters. The molecule has 0 aliphatic carbocycles. The summed E-state index contributed by atoms with van der Waals surface area (Å²) in [5, 5.41) is 2.31. The molecule has 3 nitrogen and oxygen atoms in total. The van der Waals surface area contributed by atoms with Crippen molar-refractivity contribution in [3.8, 4) is 0 Å². The summed E-state index contributed by atoms with van der Waals surface area (Å²) < 4.78 is 26.0. The highest BCUT2D eigenvalue weighted by Gasteiger charge is 2.12. The minimum absolute atomic E-state index is 0.0108. The molecular weight excluding hydrogens is 214 g/mol. The van der Waals surface area contributed by atoms with E-state index in [9.17, 15) is 13.6 Å². The normalized spacial score (nSPS) is 12.2. The van der Waals surface area contributed by atoms with Gasteiger partial charge in [-0.2, -0.15) is 0 Å². The number of anilines is 1. The lowest BCUT2D eigenvalue weighted by Crippen LogP contribution is -2.20. The largest absolute Gasteiger partial charge is 0.330 e. The van der Waals surface area contributed by atoms with E-state index in [0.717, 1.165) is 6.07 Å². The molecule has 0 heterocycles. The SMILES string of the molecule is CC(CN)CC(=O)Nc1cccc(F)c1F. The second-order valence-corrected chi connectivity index (χ2v) is 3.69. The van der Waals surface area contributed by atoms with E-state index in [0.29, 0.717) is 6.54 Å². The Labute approximate surface area is 92.6 Å². The maximum Gasteiger partial charge on any atom is 0.224 e. The molecule has 0 aliphatic heterocycles. The molecule has 0 saturated heterocycles. The number of carbonyl (C=O) groups excluding carboxylic acids is 1. The quantitative estimate of drug-likeness (QED) is 0.826. The molecule has 0 aromatic heterocycles. The molecule has 0 radical (unpaired) electrons. The minimum atomic E-state index is -1.05. The Bertz CT molecular complexity index is 382. The first-order chi connectivity index (χ1) is 7.54. The van der Waals surface area contributed by atoms with Crippen LogP contribution in [0.4, 0.5) is 14.5 Å². The summed E-state index contributed by atoms with van der Waals surface area (Å²) in [5.74, 6) is -2.39. The second kappa shape index (κ2) is 5.55. The van der Waals surface area contributed by atoms with Gasteiger partial charge >= 0.3 is 0 Å². The first kappa shape index (κ1) is 12.6. The van der Waals surface area contributed by atoms with Crippen LogP contribution in [0, 0.1) is 17.6 Å². The molecule has 0 bridgehead atoms. The zero-order valence-corrected chi connectivity index (χ0v) is 8.97. The van der Waals surface area contributed by atoms with E-state index in [1.54, 1.807) is 0 Å². The lowest BCUT2D eigenvalue weighted by Gasteiger charge is -2.09. The third-order valence-electron chi connectivity index (χ3n) is 2.16. The number of hydrogen-bond acceptors (Lipinski definition) is 2. The molecule has 1 amide bonds. The van der Waals surface area contributed by atoms with Crippen LogP contribution in [0.15, 0.2) is 18.2 Å². The zero-order chi connectivity index (χ0) is 12.1.